The second kappa shape index (κ2) is 12.2. The van der Waals surface area contributed by atoms with E-state index in [0.717, 1.165) is 11.1 Å². The first-order valence-corrected chi connectivity index (χ1v) is 11.5. The van der Waals surface area contributed by atoms with E-state index in [1.807, 2.05) is 60.7 Å². The third kappa shape index (κ3) is 6.93. The zero-order valence-electron chi connectivity index (χ0n) is 19.5. The Labute approximate surface area is 209 Å². The van der Waals surface area contributed by atoms with Crippen LogP contribution >= 0.6 is 0 Å². The van der Waals surface area contributed by atoms with Crippen LogP contribution in [-0.2, 0) is 24.4 Å². The number of rotatable bonds is 11. The number of nitrogens with one attached hydrogen (secondary N) is 1. The molecule has 0 bridgehead atoms. The molecule has 0 aliphatic carbocycles. The minimum absolute atomic E-state index is 0.0762. The molecular formula is C29H26N2O5. The molecule has 1 amide bonds. The summed E-state index contributed by atoms with van der Waals surface area (Å²) in [5, 5.41) is 12.3. The van der Waals surface area contributed by atoms with Crippen LogP contribution in [0, 0.1) is 0 Å². The smallest absolute Gasteiger partial charge is 0.326 e. The molecule has 0 spiro atoms. The van der Waals surface area contributed by atoms with Crippen molar-refractivity contribution in [3.05, 3.63) is 126 Å². The maximum absolute atomic E-state index is 12.5. The van der Waals surface area contributed by atoms with Gasteiger partial charge in [0.15, 0.2) is 11.5 Å². The summed E-state index contributed by atoms with van der Waals surface area (Å²) in [6, 6.07) is 26.8. The summed E-state index contributed by atoms with van der Waals surface area (Å²) >= 11 is 0. The predicted octanol–water partition coefficient (Wildman–Crippen LogP) is 4.67. The van der Waals surface area contributed by atoms with Gasteiger partial charge in [-0.15, -0.1) is 0 Å². The van der Waals surface area contributed by atoms with E-state index in [1.54, 1.807) is 18.2 Å². The molecule has 0 aliphatic heterocycles. The van der Waals surface area contributed by atoms with E-state index in [2.05, 4.69) is 10.3 Å². The van der Waals surface area contributed by atoms with Crippen LogP contribution in [-0.4, -0.2) is 28.0 Å². The first-order valence-electron chi connectivity index (χ1n) is 11.5. The number of amides is 1. The SMILES string of the molecule is O=C(N[C@@H](Cc1ccc(OCc2ccccc2)c(OCc2ccccc2)c1)C(=O)O)c1ccncc1. The fraction of sp³-hybridized carbons (Fsp3) is 0.138. The standard InChI is InChI=1S/C29H26N2O5/c32-28(24-13-15-30-16-14-24)31-25(29(33)34)17-23-11-12-26(35-19-21-7-3-1-4-8-21)27(18-23)36-20-22-9-5-2-6-10-22/h1-16,18,25H,17,19-20H2,(H,31,32)(H,33,34)/t25-/m0/s1. The zero-order chi connectivity index (χ0) is 25.2. The Bertz CT molecular complexity index is 1280. The molecule has 0 fully saturated rings. The Morgan fingerprint density at radius 2 is 1.33 bits per heavy atom. The van der Waals surface area contributed by atoms with Gasteiger partial charge in [-0.2, -0.15) is 0 Å². The molecule has 4 rings (SSSR count). The van der Waals surface area contributed by atoms with Crippen LogP contribution < -0.4 is 14.8 Å². The molecule has 7 nitrogen and oxygen atoms in total. The number of ether oxygens (including phenoxy) is 2. The molecule has 36 heavy (non-hydrogen) atoms. The molecule has 0 saturated heterocycles. The highest BCUT2D eigenvalue weighted by Crippen LogP contribution is 2.30. The van der Waals surface area contributed by atoms with E-state index in [9.17, 15) is 14.7 Å². The lowest BCUT2D eigenvalue weighted by atomic mass is 10.0. The Hall–Kier alpha value is -4.65. The number of carbonyl (C=O) groups is 2. The molecule has 0 aliphatic rings. The minimum Gasteiger partial charge on any atom is -0.485 e. The van der Waals surface area contributed by atoms with E-state index in [0.29, 0.717) is 35.8 Å². The molecule has 3 aromatic carbocycles. The monoisotopic (exact) mass is 482 g/mol. The van der Waals surface area contributed by atoms with Crippen molar-refractivity contribution in [3.8, 4) is 11.5 Å². The summed E-state index contributed by atoms with van der Waals surface area (Å²) in [6.07, 6.45) is 3.04. The number of carbonyl (C=O) groups excluding carboxylic acids is 1. The lowest BCUT2D eigenvalue weighted by Crippen LogP contribution is -2.42. The molecule has 182 valence electrons. The second-order valence-electron chi connectivity index (χ2n) is 8.13. The molecule has 1 atom stereocenters. The summed E-state index contributed by atoms with van der Waals surface area (Å²) in [5.41, 5.74) is 3.03. The van der Waals surface area contributed by atoms with Gasteiger partial charge in [0.25, 0.3) is 5.91 Å². The van der Waals surface area contributed by atoms with Crippen molar-refractivity contribution in [3.63, 3.8) is 0 Å². The van der Waals surface area contributed by atoms with Gasteiger partial charge in [-0.3, -0.25) is 9.78 Å². The van der Waals surface area contributed by atoms with Gasteiger partial charge in [-0.25, -0.2) is 4.79 Å². The van der Waals surface area contributed by atoms with Crippen molar-refractivity contribution in [1.29, 1.82) is 0 Å². The highest BCUT2D eigenvalue weighted by molar-refractivity contribution is 5.96. The van der Waals surface area contributed by atoms with Gasteiger partial charge in [0.2, 0.25) is 0 Å². The van der Waals surface area contributed by atoms with Crippen LogP contribution in [0.15, 0.2) is 103 Å². The summed E-state index contributed by atoms with van der Waals surface area (Å²) < 4.78 is 12.1. The number of pyridine rings is 1. The van der Waals surface area contributed by atoms with E-state index in [-0.39, 0.29) is 6.42 Å². The normalized spacial score (nSPS) is 11.3. The fourth-order valence-corrected chi connectivity index (χ4v) is 3.56. The lowest BCUT2D eigenvalue weighted by Gasteiger charge is -2.17. The van der Waals surface area contributed by atoms with Gasteiger partial charge in [0, 0.05) is 24.4 Å². The van der Waals surface area contributed by atoms with Gasteiger partial charge in [0.1, 0.15) is 19.3 Å². The maximum Gasteiger partial charge on any atom is 0.326 e. The highest BCUT2D eigenvalue weighted by Gasteiger charge is 2.22. The van der Waals surface area contributed by atoms with E-state index in [1.165, 1.54) is 24.5 Å². The van der Waals surface area contributed by atoms with Gasteiger partial charge in [-0.1, -0.05) is 66.7 Å². The Morgan fingerprint density at radius 3 is 1.92 bits per heavy atom. The molecule has 0 unspecified atom stereocenters. The highest BCUT2D eigenvalue weighted by atomic mass is 16.5. The van der Waals surface area contributed by atoms with Crippen LogP contribution in [0.4, 0.5) is 0 Å². The van der Waals surface area contributed by atoms with Crippen molar-refractivity contribution >= 4 is 11.9 Å². The number of hydrogen-bond donors (Lipinski definition) is 2. The fourth-order valence-electron chi connectivity index (χ4n) is 3.56. The maximum atomic E-state index is 12.5. The van der Waals surface area contributed by atoms with Crippen LogP contribution in [0.3, 0.4) is 0 Å². The Morgan fingerprint density at radius 1 is 0.750 bits per heavy atom. The van der Waals surface area contributed by atoms with Gasteiger partial charge in [-0.05, 0) is 41.0 Å². The van der Waals surface area contributed by atoms with Crippen molar-refractivity contribution in [2.75, 3.05) is 0 Å². The number of benzene rings is 3. The average Bonchev–Trinajstić information content (AvgIpc) is 2.92. The number of aromatic nitrogens is 1. The molecule has 0 radical (unpaired) electrons. The molecule has 1 aromatic heterocycles. The first kappa shape index (κ1) is 24.5. The summed E-state index contributed by atoms with van der Waals surface area (Å²) in [4.78, 5) is 28.3. The molecular weight excluding hydrogens is 456 g/mol. The number of nitrogens with zero attached hydrogens (tertiary/aromatic N) is 1. The Kier molecular flexibility index (Phi) is 8.27. The second-order valence-corrected chi connectivity index (χ2v) is 8.13. The van der Waals surface area contributed by atoms with Crippen LogP contribution in [0.1, 0.15) is 27.0 Å². The third-order valence-corrected chi connectivity index (χ3v) is 5.47. The van der Waals surface area contributed by atoms with Crippen molar-refractivity contribution in [2.24, 2.45) is 0 Å². The molecule has 0 saturated carbocycles. The number of carboxylic acid groups (broad SMARTS) is 1. The van der Waals surface area contributed by atoms with Crippen LogP contribution in [0.25, 0.3) is 0 Å². The largest absolute Gasteiger partial charge is 0.485 e. The molecule has 1 heterocycles. The lowest BCUT2D eigenvalue weighted by molar-refractivity contribution is -0.139. The number of hydrogen-bond acceptors (Lipinski definition) is 5. The van der Waals surface area contributed by atoms with Gasteiger partial charge in [0.05, 0.1) is 0 Å². The quantitative estimate of drug-likeness (QED) is 0.323. The van der Waals surface area contributed by atoms with Crippen molar-refractivity contribution in [2.45, 2.75) is 25.7 Å². The summed E-state index contributed by atoms with van der Waals surface area (Å²) in [6.45, 7) is 0.689. The topological polar surface area (TPSA) is 97.8 Å². The van der Waals surface area contributed by atoms with E-state index < -0.39 is 17.9 Å². The molecule has 7 heteroatoms. The van der Waals surface area contributed by atoms with Crippen molar-refractivity contribution < 1.29 is 24.2 Å². The number of aliphatic carboxylic acids is 1. The third-order valence-electron chi connectivity index (χ3n) is 5.47. The zero-order valence-corrected chi connectivity index (χ0v) is 19.5. The van der Waals surface area contributed by atoms with Crippen LogP contribution in [0.5, 0.6) is 11.5 Å². The van der Waals surface area contributed by atoms with Crippen molar-refractivity contribution in [1.82, 2.24) is 10.3 Å². The first-order chi connectivity index (χ1) is 17.6. The predicted molar refractivity (Wildman–Crippen MR) is 135 cm³/mol. The summed E-state index contributed by atoms with van der Waals surface area (Å²) in [7, 11) is 0. The average molecular weight is 483 g/mol. The number of carboxylic acids is 1. The summed E-state index contributed by atoms with van der Waals surface area (Å²) in [5.74, 6) is -0.565. The van der Waals surface area contributed by atoms with Gasteiger partial charge >= 0.3 is 5.97 Å². The molecule has 2 N–H and O–H groups in total. The van der Waals surface area contributed by atoms with Crippen LogP contribution in [0.2, 0.25) is 0 Å². The minimum atomic E-state index is -1.13. The van der Waals surface area contributed by atoms with Gasteiger partial charge < -0.3 is 19.9 Å². The Balaban J connectivity index is 1.51. The van der Waals surface area contributed by atoms with E-state index in [4.69, 9.17) is 9.47 Å². The van der Waals surface area contributed by atoms with E-state index >= 15 is 0 Å². The molecule has 4 aromatic rings.